The highest BCUT2D eigenvalue weighted by Crippen LogP contribution is 2.35. The van der Waals surface area contributed by atoms with E-state index in [4.69, 9.17) is 4.74 Å². The molecule has 1 aromatic rings. The quantitative estimate of drug-likeness (QED) is 0.849. The van der Waals surface area contributed by atoms with Gasteiger partial charge < -0.3 is 9.84 Å². The number of ether oxygens (including phenoxy) is 1. The van der Waals surface area contributed by atoms with Crippen LogP contribution in [0.25, 0.3) is 0 Å². The maximum atomic E-state index is 9.30. The molecule has 1 aromatic carbocycles. The van der Waals surface area contributed by atoms with Gasteiger partial charge >= 0.3 is 0 Å². The van der Waals surface area contributed by atoms with E-state index in [0.29, 0.717) is 5.75 Å². The summed E-state index contributed by atoms with van der Waals surface area (Å²) in [4.78, 5) is 0. The highest BCUT2D eigenvalue weighted by molar-refractivity contribution is 5.26. The zero-order chi connectivity index (χ0) is 13.7. The van der Waals surface area contributed by atoms with Gasteiger partial charge in [-0.3, -0.25) is 0 Å². The van der Waals surface area contributed by atoms with Gasteiger partial charge in [-0.1, -0.05) is 38.3 Å². The average molecular weight is 262 g/mol. The van der Waals surface area contributed by atoms with E-state index in [1.165, 1.54) is 37.7 Å². The Morgan fingerprint density at radius 1 is 1.16 bits per heavy atom. The first-order chi connectivity index (χ1) is 9.13. The lowest BCUT2D eigenvalue weighted by atomic mass is 9.82. The molecule has 0 saturated heterocycles. The minimum Gasteiger partial charge on any atom is -0.508 e. The maximum Gasteiger partial charge on any atom is 0.115 e. The van der Waals surface area contributed by atoms with Crippen molar-refractivity contribution in [3.05, 3.63) is 29.8 Å². The molecule has 106 valence electrons. The van der Waals surface area contributed by atoms with Crippen LogP contribution in [0.5, 0.6) is 5.75 Å². The molecule has 1 atom stereocenters. The Labute approximate surface area is 116 Å². The normalized spacial score (nSPS) is 20.1. The van der Waals surface area contributed by atoms with Crippen molar-refractivity contribution in [3.63, 3.8) is 0 Å². The molecular formula is C17H26O2. The highest BCUT2D eigenvalue weighted by Gasteiger charge is 2.32. The summed E-state index contributed by atoms with van der Waals surface area (Å²) in [6.07, 6.45) is 8.67. The van der Waals surface area contributed by atoms with Gasteiger partial charge in [0.15, 0.2) is 0 Å². The van der Waals surface area contributed by atoms with Crippen LogP contribution in [0.3, 0.4) is 0 Å². The number of rotatable bonds is 5. The molecule has 2 rings (SSSR count). The number of benzene rings is 1. The van der Waals surface area contributed by atoms with Crippen LogP contribution in [0.1, 0.15) is 57.9 Å². The summed E-state index contributed by atoms with van der Waals surface area (Å²) in [5.41, 5.74) is 1.35. The molecular weight excluding hydrogens is 236 g/mol. The van der Waals surface area contributed by atoms with Crippen molar-refractivity contribution in [2.24, 2.45) is 0 Å². The summed E-state index contributed by atoms with van der Waals surface area (Å²) in [7, 11) is 0. The monoisotopic (exact) mass is 262 g/mol. The van der Waals surface area contributed by atoms with Crippen molar-refractivity contribution in [2.75, 3.05) is 0 Å². The van der Waals surface area contributed by atoms with Crippen molar-refractivity contribution in [3.8, 4) is 5.75 Å². The lowest BCUT2D eigenvalue weighted by molar-refractivity contribution is -0.109. The minimum atomic E-state index is 0.120. The van der Waals surface area contributed by atoms with Crippen LogP contribution in [0, 0.1) is 0 Å². The molecule has 1 saturated carbocycles. The first-order valence-electron chi connectivity index (χ1n) is 7.59. The van der Waals surface area contributed by atoms with Crippen molar-refractivity contribution < 1.29 is 9.84 Å². The van der Waals surface area contributed by atoms with Gasteiger partial charge in [0.25, 0.3) is 0 Å². The van der Waals surface area contributed by atoms with Gasteiger partial charge in [-0.25, -0.2) is 0 Å². The van der Waals surface area contributed by atoms with Crippen LogP contribution in [-0.2, 0) is 11.2 Å². The molecule has 2 nitrogen and oxygen atoms in total. The van der Waals surface area contributed by atoms with Gasteiger partial charge in [0, 0.05) is 0 Å². The molecule has 1 aliphatic rings. The Bertz CT molecular complexity index is 377. The lowest BCUT2D eigenvalue weighted by Crippen LogP contribution is -2.38. The minimum absolute atomic E-state index is 0.120. The van der Waals surface area contributed by atoms with Crippen LogP contribution in [-0.4, -0.2) is 16.8 Å². The molecule has 0 aromatic heterocycles. The van der Waals surface area contributed by atoms with E-state index in [-0.39, 0.29) is 11.7 Å². The summed E-state index contributed by atoms with van der Waals surface area (Å²) in [5, 5.41) is 9.30. The molecule has 2 heteroatoms. The molecule has 0 heterocycles. The first kappa shape index (κ1) is 14.4. The molecule has 0 radical (unpaired) electrons. The van der Waals surface area contributed by atoms with Crippen molar-refractivity contribution in [1.82, 2.24) is 0 Å². The topological polar surface area (TPSA) is 29.5 Å². The van der Waals surface area contributed by atoms with Gasteiger partial charge in [0.1, 0.15) is 5.75 Å². The van der Waals surface area contributed by atoms with E-state index in [0.717, 1.165) is 12.8 Å². The third-order valence-corrected chi connectivity index (χ3v) is 4.32. The molecule has 0 bridgehead atoms. The molecule has 1 fully saturated rings. The second-order valence-electron chi connectivity index (χ2n) is 5.90. The largest absolute Gasteiger partial charge is 0.508 e. The fourth-order valence-electron chi connectivity index (χ4n) is 3.18. The highest BCUT2D eigenvalue weighted by atomic mass is 16.5. The Kier molecular flexibility index (Phi) is 4.87. The van der Waals surface area contributed by atoms with Gasteiger partial charge in [0.05, 0.1) is 11.7 Å². The third kappa shape index (κ3) is 3.97. The first-order valence-corrected chi connectivity index (χ1v) is 7.59. The second-order valence-corrected chi connectivity index (χ2v) is 5.90. The van der Waals surface area contributed by atoms with Gasteiger partial charge in [-0.15, -0.1) is 0 Å². The number of hydrogen-bond donors (Lipinski definition) is 1. The molecule has 19 heavy (non-hydrogen) atoms. The summed E-state index contributed by atoms with van der Waals surface area (Å²) < 4.78 is 6.40. The summed E-state index contributed by atoms with van der Waals surface area (Å²) in [6.45, 7) is 4.41. The zero-order valence-electron chi connectivity index (χ0n) is 12.2. The lowest BCUT2D eigenvalue weighted by Gasteiger charge is -2.39. The van der Waals surface area contributed by atoms with E-state index >= 15 is 0 Å². The van der Waals surface area contributed by atoms with Crippen LogP contribution in [0.15, 0.2) is 24.3 Å². The van der Waals surface area contributed by atoms with Gasteiger partial charge in [-0.05, 0) is 50.3 Å². The predicted octanol–water partition coefficient (Wildman–Crippen LogP) is 4.45. The van der Waals surface area contributed by atoms with Crippen molar-refractivity contribution in [2.45, 2.75) is 70.5 Å². The molecule has 1 N–H and O–H groups in total. The second kappa shape index (κ2) is 6.42. The third-order valence-electron chi connectivity index (χ3n) is 4.32. The van der Waals surface area contributed by atoms with Crippen LogP contribution in [0.2, 0.25) is 0 Å². The van der Waals surface area contributed by atoms with Crippen LogP contribution in [0.4, 0.5) is 0 Å². The van der Waals surface area contributed by atoms with E-state index < -0.39 is 0 Å². The number of hydrogen-bond acceptors (Lipinski definition) is 2. The Morgan fingerprint density at radius 3 is 2.37 bits per heavy atom. The van der Waals surface area contributed by atoms with E-state index in [9.17, 15) is 5.11 Å². The molecule has 0 aliphatic heterocycles. The summed E-state index contributed by atoms with van der Waals surface area (Å²) in [5.74, 6) is 0.328. The fraction of sp³-hybridized carbons (Fsp3) is 0.647. The zero-order valence-corrected chi connectivity index (χ0v) is 12.2. The Hall–Kier alpha value is -1.02. The number of phenols is 1. The maximum absolute atomic E-state index is 9.30. The molecule has 0 amide bonds. The van der Waals surface area contributed by atoms with E-state index in [1.807, 2.05) is 12.1 Å². The van der Waals surface area contributed by atoms with Crippen molar-refractivity contribution >= 4 is 0 Å². The summed E-state index contributed by atoms with van der Waals surface area (Å²) in [6, 6.07) is 7.46. The van der Waals surface area contributed by atoms with Gasteiger partial charge in [0.2, 0.25) is 0 Å². The molecule has 0 spiro atoms. The fourth-order valence-corrected chi connectivity index (χ4v) is 3.18. The predicted molar refractivity (Wildman–Crippen MR) is 78.5 cm³/mol. The van der Waals surface area contributed by atoms with E-state index in [1.54, 1.807) is 12.1 Å². The Morgan fingerprint density at radius 2 is 1.79 bits per heavy atom. The van der Waals surface area contributed by atoms with Crippen LogP contribution >= 0.6 is 0 Å². The Balaban J connectivity index is 1.92. The molecule has 1 aliphatic carbocycles. The average Bonchev–Trinajstić information content (AvgIpc) is 2.42. The smallest absolute Gasteiger partial charge is 0.115 e. The summed E-state index contributed by atoms with van der Waals surface area (Å²) >= 11 is 0. The number of phenolic OH excluding ortho intramolecular Hbond substituents is 1. The van der Waals surface area contributed by atoms with E-state index in [2.05, 4.69) is 13.8 Å². The SMILES string of the molecule is CCC1(OC(C)Cc2ccc(O)cc2)CCCCC1. The standard InChI is InChI=1S/C17H26O2/c1-3-17(11-5-4-6-12-17)19-14(2)13-15-7-9-16(18)10-8-15/h7-10,14,18H,3-6,11-13H2,1-2H3. The number of aromatic hydroxyl groups is 1. The van der Waals surface area contributed by atoms with Crippen molar-refractivity contribution in [1.29, 1.82) is 0 Å². The van der Waals surface area contributed by atoms with Crippen LogP contribution < -0.4 is 0 Å². The van der Waals surface area contributed by atoms with Gasteiger partial charge in [-0.2, -0.15) is 0 Å². The molecule has 1 unspecified atom stereocenters.